The van der Waals surface area contributed by atoms with Crippen LogP contribution >= 0.6 is 34.4 Å². The van der Waals surface area contributed by atoms with E-state index in [1.807, 2.05) is 35.7 Å². The first-order valence-corrected chi connectivity index (χ1v) is 13.4. The van der Waals surface area contributed by atoms with Gasteiger partial charge in [0.15, 0.2) is 4.34 Å². The van der Waals surface area contributed by atoms with Crippen LogP contribution in [0.1, 0.15) is 11.3 Å². The van der Waals surface area contributed by atoms with Crippen molar-refractivity contribution in [1.29, 1.82) is 0 Å². The van der Waals surface area contributed by atoms with Crippen LogP contribution in [0.25, 0.3) is 10.8 Å². The first-order valence-electron chi connectivity index (χ1n) is 9.27. The number of benzene rings is 2. The minimum Gasteiger partial charge on any atom is -0.300 e. The van der Waals surface area contributed by atoms with Crippen molar-refractivity contribution in [3.05, 3.63) is 64.9 Å². The zero-order chi connectivity index (χ0) is 21.7. The number of nitrogens with one attached hydrogen (secondary N) is 2. The quantitative estimate of drug-likeness (QED) is 0.267. The van der Waals surface area contributed by atoms with Crippen LogP contribution in [0.4, 0.5) is 5.13 Å². The molecule has 2 aromatic heterocycles. The third kappa shape index (κ3) is 5.89. The van der Waals surface area contributed by atoms with Gasteiger partial charge in [0.05, 0.1) is 4.90 Å². The number of sulfonamides is 1. The van der Waals surface area contributed by atoms with E-state index in [9.17, 15) is 13.2 Å². The van der Waals surface area contributed by atoms with E-state index in [-0.39, 0.29) is 23.8 Å². The van der Waals surface area contributed by atoms with Gasteiger partial charge in [-0.05, 0) is 34.4 Å². The van der Waals surface area contributed by atoms with Gasteiger partial charge in [0.1, 0.15) is 0 Å². The summed E-state index contributed by atoms with van der Waals surface area (Å²) < 4.78 is 28.3. The van der Waals surface area contributed by atoms with Gasteiger partial charge in [-0.3, -0.25) is 4.79 Å². The highest BCUT2D eigenvalue weighted by Gasteiger charge is 2.15. The highest BCUT2D eigenvalue weighted by molar-refractivity contribution is 8.00. The fraction of sp³-hybridized carbons (Fsp3) is 0.150. The topological polar surface area (TPSA) is 101 Å². The van der Waals surface area contributed by atoms with Crippen LogP contribution in [0.15, 0.2) is 69.2 Å². The molecule has 160 valence electrons. The Morgan fingerprint density at radius 1 is 1.03 bits per heavy atom. The van der Waals surface area contributed by atoms with Crippen molar-refractivity contribution in [3.63, 3.8) is 0 Å². The molecule has 0 aliphatic rings. The smallest absolute Gasteiger partial charge is 0.240 e. The Hall–Kier alpha value is -2.31. The zero-order valence-corrected chi connectivity index (χ0v) is 19.4. The molecular weight excluding hydrogens is 473 g/mol. The van der Waals surface area contributed by atoms with Crippen LogP contribution in [-0.4, -0.2) is 31.1 Å². The molecule has 0 bridgehead atoms. The van der Waals surface area contributed by atoms with Crippen LogP contribution in [0.3, 0.4) is 0 Å². The molecule has 0 aliphatic carbocycles. The van der Waals surface area contributed by atoms with Crippen LogP contribution in [-0.2, 0) is 20.6 Å². The first kappa shape index (κ1) is 21.9. The molecule has 4 aromatic rings. The molecule has 0 fully saturated rings. The van der Waals surface area contributed by atoms with Gasteiger partial charge >= 0.3 is 0 Å². The molecule has 0 saturated carbocycles. The molecule has 2 aromatic carbocycles. The SMILES string of the molecule is O=C(CCNS(=O)(=O)c1ccc2ccccc2c1)Nc1nnc(SCc2cccs2)s1. The molecule has 0 radical (unpaired) electrons. The van der Waals surface area contributed by atoms with Crippen LogP contribution in [0.5, 0.6) is 0 Å². The number of hydrogen-bond donors (Lipinski definition) is 2. The molecule has 4 rings (SSSR count). The highest BCUT2D eigenvalue weighted by Crippen LogP contribution is 2.29. The van der Waals surface area contributed by atoms with Crippen LogP contribution in [0, 0.1) is 0 Å². The molecule has 31 heavy (non-hydrogen) atoms. The van der Waals surface area contributed by atoms with Crippen molar-refractivity contribution in [1.82, 2.24) is 14.9 Å². The maximum Gasteiger partial charge on any atom is 0.240 e. The van der Waals surface area contributed by atoms with Crippen molar-refractivity contribution in [2.75, 3.05) is 11.9 Å². The summed E-state index contributed by atoms with van der Waals surface area (Å²) in [6, 6.07) is 16.5. The number of amides is 1. The molecule has 2 N–H and O–H groups in total. The van der Waals surface area contributed by atoms with Gasteiger partial charge < -0.3 is 5.32 Å². The van der Waals surface area contributed by atoms with E-state index in [1.54, 1.807) is 41.3 Å². The summed E-state index contributed by atoms with van der Waals surface area (Å²) in [6.07, 6.45) is -0.00986. The Bertz CT molecular complexity index is 1290. The second kappa shape index (κ2) is 9.88. The lowest BCUT2D eigenvalue weighted by Crippen LogP contribution is -2.27. The third-order valence-corrected chi connectivity index (χ3v) is 8.78. The van der Waals surface area contributed by atoms with Gasteiger partial charge in [-0.2, -0.15) is 0 Å². The monoisotopic (exact) mass is 490 g/mol. The molecule has 1 amide bonds. The second-order valence-corrected chi connectivity index (χ2v) is 11.4. The summed E-state index contributed by atoms with van der Waals surface area (Å²) in [5.74, 6) is 0.476. The predicted molar refractivity (Wildman–Crippen MR) is 126 cm³/mol. The van der Waals surface area contributed by atoms with Crippen molar-refractivity contribution in [3.8, 4) is 0 Å². The molecule has 0 atom stereocenters. The zero-order valence-electron chi connectivity index (χ0n) is 16.1. The van der Waals surface area contributed by atoms with Gasteiger partial charge in [0, 0.05) is 23.6 Å². The minimum absolute atomic E-state index is 0.00986. The van der Waals surface area contributed by atoms with Gasteiger partial charge in [-0.15, -0.1) is 21.5 Å². The van der Waals surface area contributed by atoms with Crippen molar-refractivity contribution in [2.24, 2.45) is 0 Å². The van der Waals surface area contributed by atoms with E-state index >= 15 is 0 Å². The number of thioether (sulfide) groups is 1. The average Bonchev–Trinajstić information content (AvgIpc) is 3.43. The Labute approximate surface area is 192 Å². The lowest BCUT2D eigenvalue weighted by molar-refractivity contribution is -0.116. The summed E-state index contributed by atoms with van der Waals surface area (Å²) in [7, 11) is -3.70. The van der Waals surface area contributed by atoms with E-state index in [2.05, 4.69) is 26.3 Å². The van der Waals surface area contributed by atoms with Crippen molar-refractivity contribution < 1.29 is 13.2 Å². The first-order chi connectivity index (χ1) is 15.0. The maximum absolute atomic E-state index is 12.5. The number of hydrogen-bond acceptors (Lipinski definition) is 8. The van der Waals surface area contributed by atoms with E-state index in [0.29, 0.717) is 5.13 Å². The Morgan fingerprint density at radius 2 is 1.87 bits per heavy atom. The van der Waals surface area contributed by atoms with Gasteiger partial charge in [-0.1, -0.05) is 59.5 Å². The van der Waals surface area contributed by atoms with Crippen molar-refractivity contribution in [2.45, 2.75) is 21.4 Å². The minimum atomic E-state index is -3.70. The number of aromatic nitrogens is 2. The number of thiophene rings is 1. The summed E-state index contributed by atoms with van der Waals surface area (Å²) >= 11 is 4.53. The summed E-state index contributed by atoms with van der Waals surface area (Å²) in [5.41, 5.74) is 0. The third-order valence-electron chi connectivity index (χ3n) is 4.25. The number of fused-ring (bicyclic) bond motifs is 1. The summed E-state index contributed by atoms with van der Waals surface area (Å²) in [6.45, 7) is -0.0141. The number of anilines is 1. The van der Waals surface area contributed by atoms with Crippen molar-refractivity contribution >= 4 is 66.3 Å². The highest BCUT2D eigenvalue weighted by atomic mass is 32.2. The van der Waals surface area contributed by atoms with E-state index in [4.69, 9.17) is 0 Å². The number of carbonyl (C=O) groups is 1. The lowest BCUT2D eigenvalue weighted by atomic mass is 10.1. The predicted octanol–water partition coefficient (Wildman–Crippen LogP) is 4.35. The van der Waals surface area contributed by atoms with E-state index < -0.39 is 10.0 Å². The summed E-state index contributed by atoms with van der Waals surface area (Å²) in [5, 5.41) is 14.9. The van der Waals surface area contributed by atoms with Crippen LogP contribution in [0.2, 0.25) is 0 Å². The molecule has 0 saturated heterocycles. The molecule has 0 aliphatic heterocycles. The summed E-state index contributed by atoms with van der Waals surface area (Å²) in [4.78, 5) is 13.6. The molecular formula is C20H18N4O3S4. The number of nitrogens with zero attached hydrogens (tertiary/aromatic N) is 2. The standard InChI is InChI=1S/C20H18N4O3S4/c25-18(22-19-23-24-20(30-19)29-13-16-6-3-11-28-16)9-10-21-31(26,27)17-8-7-14-4-1-2-5-15(14)12-17/h1-8,11-12,21H,9-10,13H2,(H,22,23,25). The maximum atomic E-state index is 12.5. The lowest BCUT2D eigenvalue weighted by Gasteiger charge is -2.07. The molecule has 2 heterocycles. The van der Waals surface area contributed by atoms with Gasteiger partial charge in [0.2, 0.25) is 21.1 Å². The molecule has 7 nitrogen and oxygen atoms in total. The number of rotatable bonds is 9. The van der Waals surface area contributed by atoms with Crippen LogP contribution < -0.4 is 10.0 Å². The van der Waals surface area contributed by atoms with Gasteiger partial charge in [0.25, 0.3) is 0 Å². The molecule has 11 heteroatoms. The number of carbonyl (C=O) groups excluding carboxylic acids is 1. The van der Waals surface area contributed by atoms with Gasteiger partial charge in [-0.25, -0.2) is 13.1 Å². The molecule has 0 unspecified atom stereocenters. The largest absolute Gasteiger partial charge is 0.300 e. The van der Waals surface area contributed by atoms with E-state index in [0.717, 1.165) is 20.9 Å². The molecule has 0 spiro atoms. The fourth-order valence-electron chi connectivity index (χ4n) is 2.74. The van der Waals surface area contributed by atoms with E-state index in [1.165, 1.54) is 16.2 Å². The second-order valence-electron chi connectivity index (χ2n) is 6.45. The fourth-order valence-corrected chi connectivity index (χ4v) is 6.35. The Kier molecular flexibility index (Phi) is 6.98. The average molecular weight is 491 g/mol. The Balaban J connectivity index is 1.26. The normalized spacial score (nSPS) is 11.6. The Morgan fingerprint density at radius 3 is 2.68 bits per heavy atom.